The zero-order chi connectivity index (χ0) is 25.1. The third kappa shape index (κ3) is 5.11. The first-order valence-corrected chi connectivity index (χ1v) is 11.8. The number of carbonyl (C=O) groups is 1. The lowest BCUT2D eigenvalue weighted by atomic mass is 10.1. The Hall–Kier alpha value is -3.94. The molecule has 4 aromatic rings. The molecule has 0 fully saturated rings. The Bertz CT molecular complexity index is 1560. The van der Waals surface area contributed by atoms with Gasteiger partial charge in [-0.3, -0.25) is 4.79 Å². The molecule has 0 aliphatic rings. The largest absolute Gasteiger partial charge is 0.493 e. The van der Waals surface area contributed by atoms with Crippen molar-refractivity contribution in [2.45, 2.75) is 6.92 Å². The Morgan fingerprint density at radius 3 is 2.51 bits per heavy atom. The molecule has 0 saturated carbocycles. The fourth-order valence-electron chi connectivity index (χ4n) is 3.33. The van der Waals surface area contributed by atoms with E-state index in [2.05, 4.69) is 27.0 Å². The number of fused-ring (bicyclic) bond motifs is 1. The van der Waals surface area contributed by atoms with E-state index in [9.17, 15) is 14.9 Å². The highest BCUT2D eigenvalue weighted by atomic mass is 79.9. The van der Waals surface area contributed by atoms with Gasteiger partial charge in [0.15, 0.2) is 11.5 Å². The number of nitrogens with zero attached hydrogens (tertiary/aromatic N) is 2. The number of aromatic nitrogens is 1. The highest BCUT2D eigenvalue weighted by Crippen LogP contribution is 2.40. The maximum atomic E-state index is 12.6. The van der Waals surface area contributed by atoms with Gasteiger partial charge in [0.1, 0.15) is 16.7 Å². The van der Waals surface area contributed by atoms with Crippen molar-refractivity contribution in [2.75, 3.05) is 14.2 Å². The van der Waals surface area contributed by atoms with Crippen LogP contribution in [0.5, 0.6) is 17.2 Å². The lowest BCUT2D eigenvalue weighted by Crippen LogP contribution is -2.05. The second-order valence-electron chi connectivity index (χ2n) is 7.19. The number of nitriles is 1. The number of ether oxygens (including phenoxy) is 3. The Balaban J connectivity index is 1.75. The Morgan fingerprint density at radius 1 is 1.17 bits per heavy atom. The van der Waals surface area contributed by atoms with Crippen molar-refractivity contribution in [1.82, 2.24) is 4.98 Å². The monoisotopic (exact) mass is 552 g/mol. The molecule has 2 heterocycles. The second-order valence-corrected chi connectivity index (χ2v) is 8.96. The SMILES string of the molecule is COc1cc(/C=C(\C#N)c2nc(-c3cc4cc(Br)ccc4oc3=O)cs2)cc(OC)c1OC(C)=O. The summed E-state index contributed by atoms with van der Waals surface area (Å²) in [4.78, 5) is 28.5. The fraction of sp³-hybridized carbons (Fsp3) is 0.120. The predicted octanol–water partition coefficient (Wildman–Crippen LogP) is 5.69. The van der Waals surface area contributed by atoms with Crippen LogP contribution in [-0.4, -0.2) is 25.2 Å². The van der Waals surface area contributed by atoms with E-state index in [1.54, 1.807) is 41.8 Å². The first kappa shape index (κ1) is 24.2. The highest BCUT2D eigenvalue weighted by molar-refractivity contribution is 9.10. The molecule has 2 aromatic carbocycles. The van der Waals surface area contributed by atoms with Gasteiger partial charge in [-0.2, -0.15) is 5.26 Å². The first-order chi connectivity index (χ1) is 16.8. The van der Waals surface area contributed by atoms with Gasteiger partial charge in [-0.15, -0.1) is 11.3 Å². The second kappa shape index (κ2) is 10.1. The van der Waals surface area contributed by atoms with Crippen LogP contribution in [0.15, 0.2) is 55.5 Å². The summed E-state index contributed by atoms with van der Waals surface area (Å²) >= 11 is 4.63. The topological polar surface area (TPSA) is 112 Å². The molecule has 0 aliphatic carbocycles. The Morgan fingerprint density at radius 2 is 1.89 bits per heavy atom. The molecule has 0 spiro atoms. The number of methoxy groups -OCH3 is 2. The third-order valence-electron chi connectivity index (χ3n) is 4.86. The normalized spacial score (nSPS) is 11.2. The van der Waals surface area contributed by atoms with E-state index in [0.29, 0.717) is 27.4 Å². The van der Waals surface area contributed by atoms with E-state index in [4.69, 9.17) is 18.6 Å². The van der Waals surface area contributed by atoms with Gasteiger partial charge < -0.3 is 18.6 Å². The van der Waals surface area contributed by atoms with Crippen molar-refractivity contribution >= 4 is 55.9 Å². The fourth-order valence-corrected chi connectivity index (χ4v) is 4.49. The van der Waals surface area contributed by atoms with Crippen LogP contribution < -0.4 is 19.8 Å². The summed E-state index contributed by atoms with van der Waals surface area (Å²) in [5.41, 5.74) is 1.48. The molecule has 0 aliphatic heterocycles. The van der Waals surface area contributed by atoms with Gasteiger partial charge in [-0.25, -0.2) is 9.78 Å². The van der Waals surface area contributed by atoms with Crippen molar-refractivity contribution in [2.24, 2.45) is 0 Å². The van der Waals surface area contributed by atoms with Gasteiger partial charge in [0.05, 0.1) is 31.1 Å². The summed E-state index contributed by atoms with van der Waals surface area (Å²) < 4.78 is 22.2. The molecule has 0 atom stereocenters. The maximum Gasteiger partial charge on any atom is 0.345 e. The number of esters is 1. The van der Waals surface area contributed by atoms with Crippen LogP contribution in [-0.2, 0) is 4.79 Å². The number of allylic oxidation sites excluding steroid dienone is 1. The molecular formula is C25H17BrN2O6S. The van der Waals surface area contributed by atoms with E-state index in [0.717, 1.165) is 9.86 Å². The van der Waals surface area contributed by atoms with Crippen LogP contribution in [0.25, 0.3) is 33.9 Å². The predicted molar refractivity (Wildman–Crippen MR) is 136 cm³/mol. The molecule has 0 radical (unpaired) electrons. The molecule has 176 valence electrons. The minimum atomic E-state index is -0.525. The molecule has 2 aromatic heterocycles. The van der Waals surface area contributed by atoms with Crippen molar-refractivity contribution < 1.29 is 23.4 Å². The van der Waals surface area contributed by atoms with Crippen LogP contribution in [0.4, 0.5) is 0 Å². The third-order valence-corrected chi connectivity index (χ3v) is 6.23. The smallest absolute Gasteiger partial charge is 0.345 e. The summed E-state index contributed by atoms with van der Waals surface area (Å²) in [5, 5.41) is 12.7. The van der Waals surface area contributed by atoms with Gasteiger partial charge in [0, 0.05) is 22.2 Å². The van der Waals surface area contributed by atoms with E-state index in [1.165, 1.54) is 32.5 Å². The van der Waals surface area contributed by atoms with Crippen LogP contribution in [0.3, 0.4) is 0 Å². The number of carbonyl (C=O) groups excluding carboxylic acids is 1. The van der Waals surface area contributed by atoms with Crippen molar-refractivity contribution in [3.05, 3.63) is 67.2 Å². The zero-order valence-corrected chi connectivity index (χ0v) is 21.2. The van der Waals surface area contributed by atoms with Crippen LogP contribution in [0.2, 0.25) is 0 Å². The average Bonchev–Trinajstić information content (AvgIpc) is 3.32. The number of halogens is 1. The summed E-state index contributed by atoms with van der Waals surface area (Å²) in [6.07, 6.45) is 1.60. The van der Waals surface area contributed by atoms with Gasteiger partial charge in [-0.1, -0.05) is 15.9 Å². The van der Waals surface area contributed by atoms with Crippen molar-refractivity contribution in [3.8, 4) is 34.6 Å². The minimum absolute atomic E-state index is 0.143. The summed E-state index contributed by atoms with van der Waals surface area (Å²) in [6, 6.07) is 12.4. The number of rotatable bonds is 6. The maximum absolute atomic E-state index is 12.6. The van der Waals surface area contributed by atoms with E-state index >= 15 is 0 Å². The molecular weight excluding hydrogens is 536 g/mol. The molecule has 8 nitrogen and oxygen atoms in total. The zero-order valence-electron chi connectivity index (χ0n) is 18.7. The van der Waals surface area contributed by atoms with E-state index < -0.39 is 11.6 Å². The Labute approximate surface area is 212 Å². The van der Waals surface area contributed by atoms with Gasteiger partial charge in [0.2, 0.25) is 5.75 Å². The van der Waals surface area contributed by atoms with Crippen LogP contribution >= 0.6 is 27.3 Å². The standard InChI is InChI=1S/C25H17BrN2O6S/c1-13(29)33-23-21(31-2)7-14(8-22(23)32-3)6-16(11-27)24-28-19(12-35-24)18-10-15-9-17(26)4-5-20(15)34-25(18)30/h4-10,12H,1-3H3/b16-6+. The van der Waals surface area contributed by atoms with E-state index in [1.807, 2.05) is 6.07 Å². The van der Waals surface area contributed by atoms with Gasteiger partial charge in [-0.05, 0) is 48.0 Å². The molecule has 35 heavy (non-hydrogen) atoms. The number of hydrogen-bond acceptors (Lipinski definition) is 9. The summed E-state index contributed by atoms with van der Waals surface area (Å²) in [6.45, 7) is 1.27. The molecule has 0 N–H and O–H groups in total. The number of hydrogen-bond donors (Lipinski definition) is 0. The summed E-state index contributed by atoms with van der Waals surface area (Å²) in [7, 11) is 2.86. The molecule has 10 heteroatoms. The quantitative estimate of drug-likeness (QED) is 0.130. The van der Waals surface area contributed by atoms with Gasteiger partial charge >= 0.3 is 11.6 Å². The average molecular weight is 553 g/mol. The lowest BCUT2D eigenvalue weighted by molar-refractivity contribution is -0.132. The summed E-state index contributed by atoms with van der Waals surface area (Å²) in [5.74, 6) is 0.151. The highest BCUT2D eigenvalue weighted by Gasteiger charge is 2.18. The molecule has 0 amide bonds. The number of thiazole rings is 1. The minimum Gasteiger partial charge on any atom is -0.493 e. The van der Waals surface area contributed by atoms with E-state index in [-0.39, 0.29) is 22.8 Å². The molecule has 0 bridgehead atoms. The van der Waals surface area contributed by atoms with Crippen LogP contribution in [0.1, 0.15) is 17.5 Å². The first-order valence-electron chi connectivity index (χ1n) is 10.1. The van der Waals surface area contributed by atoms with Crippen LogP contribution in [0, 0.1) is 11.3 Å². The molecule has 0 unspecified atom stereocenters. The van der Waals surface area contributed by atoms with Crippen molar-refractivity contribution in [3.63, 3.8) is 0 Å². The molecule has 0 saturated heterocycles. The van der Waals surface area contributed by atoms with Gasteiger partial charge in [0.25, 0.3) is 0 Å². The Kier molecular flexibility index (Phi) is 7.00. The lowest BCUT2D eigenvalue weighted by Gasteiger charge is -2.13. The molecule has 4 rings (SSSR count). The number of benzene rings is 2. The van der Waals surface area contributed by atoms with Crippen molar-refractivity contribution in [1.29, 1.82) is 5.26 Å².